The molecule has 0 saturated carbocycles. The summed E-state index contributed by atoms with van der Waals surface area (Å²) in [6, 6.07) is 9.86. The van der Waals surface area contributed by atoms with Crippen LogP contribution in [0.25, 0.3) is 0 Å². The Bertz CT molecular complexity index is 667. The fourth-order valence-electron chi connectivity index (χ4n) is 1.52. The zero-order valence-corrected chi connectivity index (χ0v) is 12.3. The van der Waals surface area contributed by atoms with E-state index in [1.165, 1.54) is 18.3 Å². The van der Waals surface area contributed by atoms with Crippen LogP contribution in [-0.2, 0) is 4.79 Å². The van der Waals surface area contributed by atoms with E-state index in [2.05, 4.69) is 10.3 Å². The first-order valence-electron chi connectivity index (χ1n) is 5.94. The van der Waals surface area contributed by atoms with E-state index in [1.807, 2.05) is 0 Å². The van der Waals surface area contributed by atoms with E-state index in [-0.39, 0.29) is 73.6 Å². The molecule has 0 amide bonds. The summed E-state index contributed by atoms with van der Waals surface area (Å²) in [5, 5.41) is 12.5. The predicted molar refractivity (Wildman–Crippen MR) is 89.2 cm³/mol. The van der Waals surface area contributed by atoms with Crippen LogP contribution in [0.2, 0.25) is 5.02 Å². The number of benzene rings is 1. The quantitative estimate of drug-likeness (QED) is 0.628. The van der Waals surface area contributed by atoms with E-state index in [9.17, 15) is 9.59 Å². The maximum atomic E-state index is 11.9. The molecule has 2 N–H and O–H groups in total. The van der Waals surface area contributed by atoms with Crippen LogP contribution in [-0.4, -0.2) is 79.1 Å². The minimum absolute atomic E-state index is 0. The Morgan fingerprint density at radius 1 is 1.23 bits per heavy atom. The molecule has 2 aromatic rings. The Hall–Kier alpha value is -0.414. The molecule has 110 valence electrons. The van der Waals surface area contributed by atoms with Gasteiger partial charge in [0.25, 0.3) is 0 Å². The molecule has 0 spiro atoms. The molecule has 8 heteroatoms. The van der Waals surface area contributed by atoms with Gasteiger partial charge in [-0.25, -0.2) is 9.78 Å². The van der Waals surface area contributed by atoms with E-state index in [0.717, 1.165) is 17.4 Å². The molecule has 0 saturated heterocycles. The first-order valence-corrected chi connectivity index (χ1v) is 7.14. The van der Waals surface area contributed by atoms with Gasteiger partial charge >= 0.3 is 57.4 Å². The molecule has 22 heavy (non-hydrogen) atoms. The van der Waals surface area contributed by atoms with Gasteiger partial charge in [-0.3, -0.25) is 4.79 Å². The molecule has 0 radical (unpaired) electrons. The number of rotatable bonds is 5. The molecule has 1 heterocycles. The van der Waals surface area contributed by atoms with Crippen molar-refractivity contribution >= 4 is 91.5 Å². The second-order valence-corrected chi connectivity index (χ2v) is 5.48. The van der Waals surface area contributed by atoms with Crippen molar-refractivity contribution in [2.24, 2.45) is 0 Å². The summed E-state index contributed by atoms with van der Waals surface area (Å²) in [6.07, 6.45) is 1.45. The summed E-state index contributed by atoms with van der Waals surface area (Å²) in [4.78, 5) is 26.8. The molecule has 0 bridgehead atoms. The Kier molecular flexibility index (Phi) is 8.62. The summed E-state index contributed by atoms with van der Waals surface area (Å²) < 4.78 is 0. The predicted octanol–water partition coefficient (Wildman–Crippen LogP) is 2.52. The second-order valence-electron chi connectivity index (χ2n) is 4.00. The van der Waals surface area contributed by atoms with Crippen molar-refractivity contribution in [3.63, 3.8) is 0 Å². The normalized spacial score (nSPS) is 9.68. The third-order valence-electron chi connectivity index (χ3n) is 2.49. The minimum atomic E-state index is -1.11. The first kappa shape index (κ1) is 19.6. The molecule has 0 atom stereocenters. The van der Waals surface area contributed by atoms with E-state index in [4.69, 9.17) is 16.7 Å². The van der Waals surface area contributed by atoms with Crippen molar-refractivity contribution in [2.75, 3.05) is 11.9 Å². The number of anilines is 1. The summed E-state index contributed by atoms with van der Waals surface area (Å²) in [5.74, 6) is -1.11. The van der Waals surface area contributed by atoms with Crippen LogP contribution in [0.4, 0.5) is 5.69 Å². The first-order chi connectivity index (χ1) is 10.1. The number of pyridine rings is 1. The fraction of sp³-hybridized carbons (Fsp3) is 0.0714. The van der Waals surface area contributed by atoms with Crippen molar-refractivity contribution in [1.29, 1.82) is 0 Å². The van der Waals surface area contributed by atoms with Gasteiger partial charge in [0.1, 0.15) is 5.03 Å². The van der Waals surface area contributed by atoms with Crippen LogP contribution < -0.4 is 5.32 Å². The third kappa shape index (κ3) is 6.00. The number of carboxylic acids is 1. The van der Waals surface area contributed by atoms with Gasteiger partial charge in [-0.1, -0.05) is 11.6 Å². The van der Waals surface area contributed by atoms with Gasteiger partial charge in [0.15, 0.2) is 0 Å². The van der Waals surface area contributed by atoms with Crippen LogP contribution in [0, 0.1) is 0 Å². The van der Waals surface area contributed by atoms with Gasteiger partial charge in [0, 0.05) is 16.9 Å². The zero-order chi connectivity index (χ0) is 15.2. The van der Waals surface area contributed by atoms with Crippen LogP contribution in [0.3, 0.4) is 0 Å². The number of hydrogen-bond donors (Lipinski definition) is 2. The van der Waals surface area contributed by atoms with E-state index < -0.39 is 5.97 Å². The van der Waals surface area contributed by atoms with Crippen LogP contribution in [0.5, 0.6) is 0 Å². The average molecular weight is 363 g/mol. The number of aromatic carboxylic acids is 1. The van der Waals surface area contributed by atoms with Crippen molar-refractivity contribution in [1.82, 2.24) is 4.98 Å². The Morgan fingerprint density at radius 3 is 2.55 bits per heavy atom. The molecule has 0 unspecified atom stereocenters. The molecule has 0 aliphatic carbocycles. The number of carbonyl (C=O) groups excluding carboxylic acids is 1. The van der Waals surface area contributed by atoms with Crippen LogP contribution in [0.15, 0.2) is 47.6 Å². The second kappa shape index (κ2) is 9.66. The number of carboxylic acid groups (broad SMARTS) is 1. The molecular formula is C14H12ClKN2O3S. The fourth-order valence-corrected chi connectivity index (χ4v) is 2.39. The summed E-state index contributed by atoms with van der Waals surface area (Å²) in [7, 11) is 0. The molecule has 0 fully saturated rings. The van der Waals surface area contributed by atoms with Crippen molar-refractivity contribution in [3.05, 3.63) is 53.2 Å². The van der Waals surface area contributed by atoms with Crippen molar-refractivity contribution in [3.8, 4) is 0 Å². The monoisotopic (exact) mass is 362 g/mol. The van der Waals surface area contributed by atoms with Crippen LogP contribution in [0.1, 0.15) is 10.4 Å². The molecular weight excluding hydrogens is 351 g/mol. The van der Waals surface area contributed by atoms with E-state index in [0.29, 0.717) is 5.02 Å². The summed E-state index contributed by atoms with van der Waals surface area (Å²) in [6.45, 7) is 0.0575. The Morgan fingerprint density at radius 2 is 1.91 bits per heavy atom. The number of halogens is 1. The van der Waals surface area contributed by atoms with E-state index >= 15 is 0 Å². The zero-order valence-electron chi connectivity index (χ0n) is 10.7. The summed E-state index contributed by atoms with van der Waals surface area (Å²) in [5.41, 5.74) is 0.773. The van der Waals surface area contributed by atoms with Gasteiger partial charge in [-0.05, 0) is 48.2 Å². The SMILES string of the molecule is O=C(CNc1ccc(Cl)cc1)Sc1ncccc1C(=O)O.[KH]. The molecule has 1 aromatic carbocycles. The third-order valence-corrected chi connectivity index (χ3v) is 3.64. The topological polar surface area (TPSA) is 79.3 Å². The van der Waals surface area contributed by atoms with Gasteiger partial charge in [-0.15, -0.1) is 0 Å². The number of thioether (sulfide) groups is 1. The number of nitrogens with zero attached hydrogens (tertiary/aromatic N) is 1. The number of nitrogens with one attached hydrogen (secondary N) is 1. The van der Waals surface area contributed by atoms with Crippen molar-refractivity contribution < 1.29 is 14.7 Å². The molecule has 1 aromatic heterocycles. The molecule has 0 aliphatic heterocycles. The van der Waals surface area contributed by atoms with Gasteiger partial charge < -0.3 is 10.4 Å². The number of hydrogen-bond acceptors (Lipinski definition) is 5. The molecule has 2 rings (SSSR count). The molecule has 5 nitrogen and oxygen atoms in total. The average Bonchev–Trinajstić information content (AvgIpc) is 2.47. The Balaban J connectivity index is 0.00000242. The van der Waals surface area contributed by atoms with E-state index in [1.54, 1.807) is 24.3 Å². The number of aromatic nitrogens is 1. The Labute approximate surface area is 179 Å². The standard InChI is InChI=1S/C14H11ClN2O3S.K.H/c15-9-3-5-10(6-4-9)17-8-12(18)21-13-11(14(19)20)2-1-7-16-13;;/h1-7,17H,8H2,(H,19,20);;. The van der Waals surface area contributed by atoms with Gasteiger partial charge in [0.05, 0.1) is 12.1 Å². The van der Waals surface area contributed by atoms with Crippen molar-refractivity contribution in [2.45, 2.75) is 5.03 Å². The van der Waals surface area contributed by atoms with Gasteiger partial charge in [0.2, 0.25) is 5.12 Å². The van der Waals surface area contributed by atoms with Crippen LogP contribution >= 0.6 is 23.4 Å². The summed E-state index contributed by atoms with van der Waals surface area (Å²) >= 11 is 6.57. The molecule has 0 aliphatic rings. The maximum absolute atomic E-state index is 11.9. The number of carbonyl (C=O) groups is 2. The van der Waals surface area contributed by atoms with Gasteiger partial charge in [-0.2, -0.15) is 0 Å².